The fourth-order valence-electron chi connectivity index (χ4n) is 4.09. The van der Waals surface area contributed by atoms with E-state index in [1.807, 2.05) is 0 Å². The van der Waals surface area contributed by atoms with Gasteiger partial charge in [0.15, 0.2) is 0 Å². The van der Waals surface area contributed by atoms with Gasteiger partial charge in [-0.05, 0) is 36.5 Å². The van der Waals surface area contributed by atoms with E-state index in [0.717, 1.165) is 23.7 Å². The van der Waals surface area contributed by atoms with Crippen LogP contribution >= 0.6 is 0 Å². The first kappa shape index (κ1) is 13.4. The van der Waals surface area contributed by atoms with Crippen molar-refractivity contribution in [2.45, 2.75) is 84.5 Å². The first-order valence-corrected chi connectivity index (χ1v) is 8.25. The molecule has 0 N–H and O–H groups in total. The lowest BCUT2D eigenvalue weighted by Gasteiger charge is -2.32. The van der Waals surface area contributed by atoms with Gasteiger partial charge in [0.05, 0.1) is 0 Å². The predicted octanol–water partition coefficient (Wildman–Crippen LogP) is 5.81. The molecule has 17 heavy (non-hydrogen) atoms. The Hall–Kier alpha value is 0. The van der Waals surface area contributed by atoms with E-state index in [4.69, 9.17) is 0 Å². The smallest absolute Gasteiger partial charge is 0.0391 e. The van der Waals surface area contributed by atoms with Crippen LogP contribution < -0.4 is 0 Å². The van der Waals surface area contributed by atoms with Crippen molar-refractivity contribution < 1.29 is 0 Å². The topological polar surface area (TPSA) is 0 Å². The van der Waals surface area contributed by atoms with E-state index in [1.54, 1.807) is 25.7 Å². The highest BCUT2D eigenvalue weighted by atomic mass is 14.3. The van der Waals surface area contributed by atoms with E-state index in [1.165, 1.54) is 44.9 Å². The molecule has 0 amide bonds. The van der Waals surface area contributed by atoms with Crippen molar-refractivity contribution in [3.8, 4) is 0 Å². The second kappa shape index (κ2) is 6.81. The highest BCUT2D eigenvalue weighted by Crippen LogP contribution is 2.37. The average Bonchev–Trinajstić information content (AvgIpc) is 2.38. The minimum absolute atomic E-state index is 0.925. The van der Waals surface area contributed by atoms with Gasteiger partial charge in [-0.25, -0.2) is 0 Å². The standard InChI is InChI=1S/C17H32/c1-14(2)17-12-10-16(11-13-17)9-8-15-6-4-3-5-7-15/h14-17H,3-13H2,1-2H3. The van der Waals surface area contributed by atoms with Gasteiger partial charge in [0.25, 0.3) is 0 Å². The maximum absolute atomic E-state index is 2.41. The minimum Gasteiger partial charge on any atom is -0.0625 e. The third kappa shape index (κ3) is 4.30. The second-order valence-electron chi connectivity index (χ2n) is 7.11. The zero-order valence-corrected chi connectivity index (χ0v) is 12.1. The molecule has 2 rings (SSSR count). The summed E-state index contributed by atoms with van der Waals surface area (Å²) in [4.78, 5) is 0. The fraction of sp³-hybridized carbons (Fsp3) is 1.00. The molecule has 2 saturated carbocycles. The van der Waals surface area contributed by atoms with Crippen LogP contribution in [0.5, 0.6) is 0 Å². The van der Waals surface area contributed by atoms with Crippen LogP contribution in [0.25, 0.3) is 0 Å². The first-order chi connectivity index (χ1) is 8.25. The zero-order chi connectivity index (χ0) is 12.1. The Morgan fingerprint density at radius 2 is 1.24 bits per heavy atom. The molecule has 0 aromatic rings. The second-order valence-corrected chi connectivity index (χ2v) is 7.11. The predicted molar refractivity (Wildman–Crippen MR) is 76.1 cm³/mol. The lowest BCUT2D eigenvalue weighted by molar-refractivity contribution is 0.202. The molecule has 0 aliphatic heterocycles. The Morgan fingerprint density at radius 1 is 0.706 bits per heavy atom. The SMILES string of the molecule is CC(C)C1CCC(CCC2CCCCC2)CC1. The summed E-state index contributed by atoms with van der Waals surface area (Å²) in [6.45, 7) is 4.82. The van der Waals surface area contributed by atoms with Gasteiger partial charge in [-0.15, -0.1) is 0 Å². The molecule has 0 atom stereocenters. The van der Waals surface area contributed by atoms with Crippen LogP contribution in [0.2, 0.25) is 0 Å². The Morgan fingerprint density at radius 3 is 1.76 bits per heavy atom. The highest BCUT2D eigenvalue weighted by Gasteiger charge is 2.24. The number of rotatable bonds is 4. The van der Waals surface area contributed by atoms with Crippen molar-refractivity contribution in [2.24, 2.45) is 23.7 Å². The molecular weight excluding hydrogens is 204 g/mol. The van der Waals surface area contributed by atoms with Crippen LogP contribution in [-0.2, 0) is 0 Å². The fourth-order valence-corrected chi connectivity index (χ4v) is 4.09. The van der Waals surface area contributed by atoms with E-state index >= 15 is 0 Å². The Kier molecular flexibility index (Phi) is 5.38. The van der Waals surface area contributed by atoms with Crippen molar-refractivity contribution in [1.29, 1.82) is 0 Å². The normalized spacial score (nSPS) is 31.9. The minimum atomic E-state index is 0.925. The molecule has 0 heterocycles. The molecule has 0 nitrogen and oxygen atoms in total. The molecule has 0 radical (unpaired) electrons. The average molecular weight is 236 g/mol. The molecule has 0 saturated heterocycles. The molecule has 100 valence electrons. The third-order valence-corrected chi connectivity index (χ3v) is 5.54. The highest BCUT2D eigenvalue weighted by molar-refractivity contribution is 4.76. The van der Waals surface area contributed by atoms with Crippen LogP contribution in [0.1, 0.15) is 84.5 Å². The third-order valence-electron chi connectivity index (χ3n) is 5.54. The maximum Gasteiger partial charge on any atom is -0.0391 e. The molecule has 0 spiro atoms. The largest absolute Gasteiger partial charge is 0.0625 e. The van der Waals surface area contributed by atoms with Crippen molar-refractivity contribution in [1.82, 2.24) is 0 Å². The molecule has 2 fully saturated rings. The maximum atomic E-state index is 2.41. The van der Waals surface area contributed by atoms with Crippen LogP contribution in [0.15, 0.2) is 0 Å². The summed E-state index contributed by atoms with van der Waals surface area (Å²) < 4.78 is 0. The zero-order valence-electron chi connectivity index (χ0n) is 12.1. The molecule has 2 aliphatic carbocycles. The molecule has 0 heteroatoms. The summed E-state index contributed by atoms with van der Waals surface area (Å²) in [5.74, 6) is 4.16. The van der Waals surface area contributed by atoms with Crippen LogP contribution in [0.4, 0.5) is 0 Å². The quantitative estimate of drug-likeness (QED) is 0.578. The summed E-state index contributed by atoms with van der Waals surface area (Å²) in [7, 11) is 0. The Labute approximate surface area is 109 Å². The monoisotopic (exact) mass is 236 g/mol. The van der Waals surface area contributed by atoms with E-state index < -0.39 is 0 Å². The Balaban J connectivity index is 1.61. The number of hydrogen-bond donors (Lipinski definition) is 0. The van der Waals surface area contributed by atoms with Crippen molar-refractivity contribution in [2.75, 3.05) is 0 Å². The van der Waals surface area contributed by atoms with Crippen LogP contribution in [0.3, 0.4) is 0 Å². The van der Waals surface area contributed by atoms with E-state index in [-0.39, 0.29) is 0 Å². The lowest BCUT2D eigenvalue weighted by Crippen LogP contribution is -2.19. The van der Waals surface area contributed by atoms with E-state index in [9.17, 15) is 0 Å². The summed E-state index contributed by atoms with van der Waals surface area (Å²) >= 11 is 0. The molecule has 0 unspecified atom stereocenters. The molecule has 0 bridgehead atoms. The van der Waals surface area contributed by atoms with Gasteiger partial charge in [0, 0.05) is 0 Å². The Bertz CT molecular complexity index is 192. The van der Waals surface area contributed by atoms with Crippen LogP contribution in [0, 0.1) is 23.7 Å². The van der Waals surface area contributed by atoms with Gasteiger partial charge >= 0.3 is 0 Å². The first-order valence-electron chi connectivity index (χ1n) is 8.25. The van der Waals surface area contributed by atoms with E-state index in [0.29, 0.717) is 0 Å². The van der Waals surface area contributed by atoms with E-state index in [2.05, 4.69) is 13.8 Å². The molecule has 0 aromatic carbocycles. The molecular formula is C17H32. The van der Waals surface area contributed by atoms with Crippen molar-refractivity contribution in [3.63, 3.8) is 0 Å². The number of hydrogen-bond acceptors (Lipinski definition) is 0. The van der Waals surface area contributed by atoms with Gasteiger partial charge in [-0.1, -0.05) is 71.6 Å². The van der Waals surface area contributed by atoms with Crippen molar-refractivity contribution >= 4 is 0 Å². The van der Waals surface area contributed by atoms with Gasteiger partial charge < -0.3 is 0 Å². The molecule has 0 aromatic heterocycles. The van der Waals surface area contributed by atoms with Gasteiger partial charge in [-0.3, -0.25) is 0 Å². The lowest BCUT2D eigenvalue weighted by atomic mass is 9.74. The van der Waals surface area contributed by atoms with Gasteiger partial charge in [0.1, 0.15) is 0 Å². The summed E-state index contributed by atoms with van der Waals surface area (Å²) in [5, 5.41) is 0. The summed E-state index contributed by atoms with van der Waals surface area (Å²) in [5.41, 5.74) is 0. The summed E-state index contributed by atoms with van der Waals surface area (Å²) in [6, 6.07) is 0. The van der Waals surface area contributed by atoms with Gasteiger partial charge in [-0.2, -0.15) is 0 Å². The van der Waals surface area contributed by atoms with Crippen molar-refractivity contribution in [3.05, 3.63) is 0 Å². The summed E-state index contributed by atoms with van der Waals surface area (Å²) in [6.07, 6.45) is 16.9. The molecule has 2 aliphatic rings. The van der Waals surface area contributed by atoms with Crippen LogP contribution in [-0.4, -0.2) is 0 Å². The van der Waals surface area contributed by atoms with Gasteiger partial charge in [0.2, 0.25) is 0 Å².